The zero-order chi connectivity index (χ0) is 14.5. The van der Waals surface area contributed by atoms with Gasteiger partial charge in [-0.2, -0.15) is 0 Å². The summed E-state index contributed by atoms with van der Waals surface area (Å²) in [4.78, 5) is 6.00. The molecular weight excluding hydrogens is 332 g/mol. The van der Waals surface area contributed by atoms with Gasteiger partial charge < -0.3 is 5.32 Å². The summed E-state index contributed by atoms with van der Waals surface area (Å²) in [6, 6.07) is 8.76. The summed E-state index contributed by atoms with van der Waals surface area (Å²) in [6.07, 6.45) is 2.08. The van der Waals surface area contributed by atoms with E-state index in [2.05, 4.69) is 71.3 Å². The van der Waals surface area contributed by atoms with Crippen LogP contribution in [0, 0.1) is 13.8 Å². The molecule has 1 heterocycles. The Balaban J connectivity index is 2.21. The van der Waals surface area contributed by atoms with E-state index in [9.17, 15) is 0 Å². The molecule has 2 nitrogen and oxygen atoms in total. The Morgan fingerprint density at radius 1 is 1.30 bits per heavy atom. The Bertz CT molecular complexity index is 546. The lowest BCUT2D eigenvalue weighted by atomic mass is 10.0. The van der Waals surface area contributed by atoms with E-state index in [4.69, 9.17) is 0 Å². The van der Waals surface area contributed by atoms with Gasteiger partial charge in [0, 0.05) is 21.8 Å². The highest BCUT2D eigenvalue weighted by atomic mass is 79.9. The van der Waals surface area contributed by atoms with Crippen LogP contribution in [-0.4, -0.2) is 11.5 Å². The van der Waals surface area contributed by atoms with Gasteiger partial charge in [0.15, 0.2) is 0 Å². The molecule has 0 amide bonds. The SMILES string of the molecule is CCCNC(Cc1nc(C)c(C)s1)c1ccccc1Br. The van der Waals surface area contributed by atoms with Gasteiger partial charge in [-0.25, -0.2) is 4.98 Å². The van der Waals surface area contributed by atoms with Crippen molar-refractivity contribution in [2.24, 2.45) is 0 Å². The summed E-state index contributed by atoms with van der Waals surface area (Å²) in [6.45, 7) is 7.45. The molecule has 4 heteroatoms. The zero-order valence-corrected chi connectivity index (χ0v) is 14.6. The van der Waals surface area contributed by atoms with Crippen molar-refractivity contribution < 1.29 is 0 Å². The van der Waals surface area contributed by atoms with Crippen molar-refractivity contribution in [3.8, 4) is 0 Å². The molecule has 0 saturated carbocycles. The first-order valence-electron chi connectivity index (χ1n) is 7.02. The largest absolute Gasteiger partial charge is 0.310 e. The monoisotopic (exact) mass is 352 g/mol. The van der Waals surface area contributed by atoms with Crippen LogP contribution >= 0.6 is 27.3 Å². The van der Waals surface area contributed by atoms with Crippen molar-refractivity contribution in [2.75, 3.05) is 6.54 Å². The number of aromatic nitrogens is 1. The number of rotatable bonds is 6. The van der Waals surface area contributed by atoms with Crippen molar-refractivity contribution in [3.63, 3.8) is 0 Å². The Morgan fingerprint density at radius 2 is 2.05 bits per heavy atom. The molecule has 0 aliphatic rings. The zero-order valence-electron chi connectivity index (χ0n) is 12.2. The highest BCUT2D eigenvalue weighted by Crippen LogP contribution is 2.28. The highest BCUT2D eigenvalue weighted by Gasteiger charge is 2.16. The van der Waals surface area contributed by atoms with Crippen molar-refractivity contribution in [1.29, 1.82) is 0 Å². The van der Waals surface area contributed by atoms with Gasteiger partial charge in [-0.05, 0) is 38.4 Å². The number of benzene rings is 1. The molecule has 0 fully saturated rings. The molecule has 1 atom stereocenters. The van der Waals surface area contributed by atoms with Gasteiger partial charge >= 0.3 is 0 Å². The Labute approximate surface area is 133 Å². The van der Waals surface area contributed by atoms with Crippen molar-refractivity contribution in [2.45, 2.75) is 39.7 Å². The molecule has 0 spiro atoms. The van der Waals surface area contributed by atoms with Crippen LogP contribution in [0.1, 0.15) is 40.5 Å². The van der Waals surface area contributed by atoms with Gasteiger partial charge in [0.1, 0.15) is 0 Å². The van der Waals surface area contributed by atoms with Crippen LogP contribution in [0.25, 0.3) is 0 Å². The molecule has 1 unspecified atom stereocenters. The van der Waals surface area contributed by atoms with E-state index < -0.39 is 0 Å². The summed E-state index contributed by atoms with van der Waals surface area (Å²) in [5.41, 5.74) is 2.47. The van der Waals surface area contributed by atoms with Crippen LogP contribution in [0.15, 0.2) is 28.7 Å². The maximum Gasteiger partial charge on any atom is 0.0949 e. The van der Waals surface area contributed by atoms with Gasteiger partial charge in [-0.1, -0.05) is 41.1 Å². The fourth-order valence-electron chi connectivity index (χ4n) is 2.17. The first kappa shape index (κ1) is 15.7. The number of nitrogens with zero attached hydrogens (tertiary/aromatic N) is 1. The molecule has 1 aromatic heterocycles. The smallest absolute Gasteiger partial charge is 0.0949 e. The number of nitrogens with one attached hydrogen (secondary N) is 1. The molecule has 0 radical (unpaired) electrons. The molecule has 0 aliphatic carbocycles. The number of hydrogen-bond donors (Lipinski definition) is 1. The predicted molar refractivity (Wildman–Crippen MR) is 90.5 cm³/mol. The minimum absolute atomic E-state index is 0.315. The summed E-state index contributed by atoms with van der Waals surface area (Å²) in [5, 5.41) is 4.85. The molecular formula is C16H21BrN2S. The number of halogens is 1. The fraction of sp³-hybridized carbons (Fsp3) is 0.438. The van der Waals surface area contributed by atoms with Gasteiger partial charge in [-0.3, -0.25) is 0 Å². The van der Waals surface area contributed by atoms with Crippen LogP contribution in [0.3, 0.4) is 0 Å². The van der Waals surface area contributed by atoms with Crippen LogP contribution < -0.4 is 5.32 Å². The summed E-state index contributed by atoms with van der Waals surface area (Å²) >= 11 is 5.48. The van der Waals surface area contributed by atoms with E-state index >= 15 is 0 Å². The summed E-state index contributed by atoms with van der Waals surface area (Å²) in [5.74, 6) is 0. The first-order chi connectivity index (χ1) is 9.61. The summed E-state index contributed by atoms with van der Waals surface area (Å²) in [7, 11) is 0. The molecule has 108 valence electrons. The molecule has 1 aromatic carbocycles. The average molecular weight is 353 g/mol. The molecule has 0 bridgehead atoms. The molecule has 2 aromatic rings. The van der Waals surface area contributed by atoms with E-state index in [0.29, 0.717) is 6.04 Å². The third-order valence-corrected chi connectivity index (χ3v) is 5.19. The van der Waals surface area contributed by atoms with E-state index in [0.717, 1.165) is 25.1 Å². The third-order valence-electron chi connectivity index (χ3n) is 3.37. The van der Waals surface area contributed by atoms with Crippen LogP contribution in [-0.2, 0) is 6.42 Å². The standard InChI is InChI=1S/C16H21BrN2S/c1-4-9-18-15(13-7-5-6-8-14(13)17)10-16-19-11(2)12(3)20-16/h5-8,15,18H,4,9-10H2,1-3H3. The van der Waals surface area contributed by atoms with Crippen LogP contribution in [0.4, 0.5) is 0 Å². The van der Waals surface area contributed by atoms with E-state index in [-0.39, 0.29) is 0 Å². The lowest BCUT2D eigenvalue weighted by Gasteiger charge is -2.19. The Kier molecular flexibility index (Phi) is 5.75. The summed E-state index contributed by atoms with van der Waals surface area (Å²) < 4.78 is 1.17. The lowest BCUT2D eigenvalue weighted by Crippen LogP contribution is -2.24. The van der Waals surface area contributed by atoms with Crippen molar-refractivity contribution in [3.05, 3.63) is 49.9 Å². The van der Waals surface area contributed by atoms with Crippen molar-refractivity contribution in [1.82, 2.24) is 10.3 Å². The second-order valence-corrected chi connectivity index (χ2v) is 7.12. The van der Waals surface area contributed by atoms with Gasteiger partial charge in [-0.15, -0.1) is 11.3 Å². The molecule has 1 N–H and O–H groups in total. The predicted octanol–water partition coefficient (Wildman–Crippen LogP) is 4.81. The normalized spacial score (nSPS) is 12.6. The quantitative estimate of drug-likeness (QED) is 0.806. The second kappa shape index (κ2) is 7.34. The Hall–Kier alpha value is -0.710. The topological polar surface area (TPSA) is 24.9 Å². The maximum absolute atomic E-state index is 4.68. The van der Waals surface area contributed by atoms with Gasteiger partial charge in [0.05, 0.1) is 10.7 Å². The number of hydrogen-bond acceptors (Lipinski definition) is 3. The maximum atomic E-state index is 4.68. The average Bonchev–Trinajstić information content (AvgIpc) is 2.74. The molecule has 0 saturated heterocycles. The third kappa shape index (κ3) is 3.90. The fourth-order valence-corrected chi connectivity index (χ4v) is 3.71. The lowest BCUT2D eigenvalue weighted by molar-refractivity contribution is 0.526. The molecule has 2 rings (SSSR count). The van der Waals surface area contributed by atoms with Gasteiger partial charge in [0.2, 0.25) is 0 Å². The first-order valence-corrected chi connectivity index (χ1v) is 8.63. The van der Waals surface area contributed by atoms with E-state index in [1.54, 1.807) is 0 Å². The Morgan fingerprint density at radius 3 is 2.65 bits per heavy atom. The molecule has 0 aliphatic heterocycles. The van der Waals surface area contributed by atoms with Crippen LogP contribution in [0.5, 0.6) is 0 Å². The second-order valence-electron chi connectivity index (χ2n) is 4.98. The minimum atomic E-state index is 0.315. The van der Waals surface area contributed by atoms with Crippen LogP contribution in [0.2, 0.25) is 0 Å². The minimum Gasteiger partial charge on any atom is -0.310 e. The number of aryl methyl sites for hydroxylation is 2. The highest BCUT2D eigenvalue weighted by molar-refractivity contribution is 9.10. The molecule has 20 heavy (non-hydrogen) atoms. The number of thiazole rings is 1. The van der Waals surface area contributed by atoms with E-state index in [1.807, 2.05) is 11.3 Å². The van der Waals surface area contributed by atoms with Gasteiger partial charge in [0.25, 0.3) is 0 Å². The van der Waals surface area contributed by atoms with Crippen molar-refractivity contribution >= 4 is 27.3 Å². The van der Waals surface area contributed by atoms with E-state index in [1.165, 1.54) is 19.9 Å².